The number of benzene rings is 3. The highest BCUT2D eigenvalue weighted by atomic mass is 32.2. The molecule has 35 heavy (non-hydrogen) atoms. The maximum absolute atomic E-state index is 12.4. The van der Waals surface area contributed by atoms with Crippen LogP contribution in [0, 0.1) is 10.1 Å². The van der Waals surface area contributed by atoms with Crippen LogP contribution in [-0.2, 0) is 14.3 Å². The Bertz CT molecular complexity index is 1330. The van der Waals surface area contributed by atoms with E-state index in [-0.39, 0.29) is 11.6 Å². The Hall–Kier alpha value is -4.28. The van der Waals surface area contributed by atoms with Crippen LogP contribution in [0.3, 0.4) is 0 Å². The highest BCUT2D eigenvalue weighted by Gasteiger charge is 2.24. The molecule has 0 aromatic heterocycles. The number of amides is 1. The molecule has 1 aliphatic heterocycles. The first-order valence-corrected chi connectivity index (χ1v) is 11.2. The van der Waals surface area contributed by atoms with E-state index in [1.807, 2.05) is 24.3 Å². The van der Waals surface area contributed by atoms with E-state index < -0.39 is 17.0 Å². The predicted molar refractivity (Wildman–Crippen MR) is 133 cm³/mol. The Balaban J connectivity index is 1.46. The van der Waals surface area contributed by atoms with Crippen LogP contribution in [0.25, 0.3) is 17.2 Å². The molecule has 1 heterocycles. The highest BCUT2D eigenvalue weighted by molar-refractivity contribution is 8.18. The van der Waals surface area contributed by atoms with Crippen molar-refractivity contribution >= 4 is 46.3 Å². The van der Waals surface area contributed by atoms with Crippen LogP contribution < -0.4 is 5.32 Å². The van der Waals surface area contributed by atoms with Gasteiger partial charge in [0.25, 0.3) is 11.6 Å². The summed E-state index contributed by atoms with van der Waals surface area (Å²) in [5.74, 6) is -1.35. The average Bonchev–Trinajstić information content (AvgIpc) is 3.19. The van der Waals surface area contributed by atoms with E-state index in [0.717, 1.165) is 16.7 Å². The fraction of sp³-hybridized carbons (Fsp3) is 0.0800. The van der Waals surface area contributed by atoms with Crippen molar-refractivity contribution in [1.29, 1.82) is 0 Å². The molecular formula is C25H19N3O6S. The van der Waals surface area contributed by atoms with Crippen LogP contribution in [0.4, 0.5) is 11.4 Å². The Morgan fingerprint density at radius 1 is 1.06 bits per heavy atom. The molecule has 1 saturated heterocycles. The summed E-state index contributed by atoms with van der Waals surface area (Å²) in [6.07, 6.45) is 0.694. The number of nitrogens with one attached hydrogen (secondary N) is 1. The third kappa shape index (κ3) is 5.62. The summed E-state index contributed by atoms with van der Waals surface area (Å²) in [7, 11) is 1.33. The molecule has 3 aromatic carbocycles. The van der Waals surface area contributed by atoms with Gasteiger partial charge in [-0.2, -0.15) is 0 Å². The van der Waals surface area contributed by atoms with Crippen molar-refractivity contribution in [3.05, 3.63) is 98.9 Å². The van der Waals surface area contributed by atoms with Gasteiger partial charge in [-0.1, -0.05) is 36.4 Å². The molecular weight excluding hydrogens is 470 g/mol. The van der Waals surface area contributed by atoms with Gasteiger partial charge in [-0.15, -0.1) is 0 Å². The van der Waals surface area contributed by atoms with Gasteiger partial charge in [-0.25, -0.2) is 9.79 Å². The van der Waals surface area contributed by atoms with Crippen molar-refractivity contribution in [1.82, 2.24) is 5.32 Å². The molecule has 0 bridgehead atoms. The van der Waals surface area contributed by atoms with Gasteiger partial charge in [0.15, 0.2) is 11.3 Å². The number of amidine groups is 1. The minimum atomic E-state index is -1.08. The zero-order chi connectivity index (χ0) is 24.9. The fourth-order valence-corrected chi connectivity index (χ4v) is 4.24. The summed E-state index contributed by atoms with van der Waals surface area (Å²) in [6, 6.07) is 20.3. The van der Waals surface area contributed by atoms with E-state index in [2.05, 4.69) is 10.3 Å². The summed E-state index contributed by atoms with van der Waals surface area (Å²) >= 11 is 1.20. The van der Waals surface area contributed by atoms with E-state index >= 15 is 0 Å². The molecule has 1 atom stereocenters. The lowest BCUT2D eigenvalue weighted by atomic mass is 10.0. The Morgan fingerprint density at radius 2 is 1.66 bits per heavy atom. The third-order valence-electron chi connectivity index (χ3n) is 5.16. The minimum absolute atomic E-state index is 0.0345. The monoisotopic (exact) mass is 489 g/mol. The molecule has 1 fully saturated rings. The van der Waals surface area contributed by atoms with Gasteiger partial charge in [0, 0.05) is 19.2 Å². The quantitative estimate of drug-likeness (QED) is 0.273. The second-order valence-corrected chi connectivity index (χ2v) is 8.48. The molecule has 0 aliphatic carbocycles. The molecule has 3 aromatic rings. The van der Waals surface area contributed by atoms with Crippen LogP contribution in [0.15, 0.2) is 82.7 Å². The van der Waals surface area contributed by atoms with E-state index in [9.17, 15) is 24.8 Å². The van der Waals surface area contributed by atoms with Crippen LogP contribution >= 0.6 is 11.8 Å². The van der Waals surface area contributed by atoms with Crippen LogP contribution in [0.2, 0.25) is 0 Å². The summed E-state index contributed by atoms with van der Waals surface area (Å²) in [5, 5.41) is 23.1. The van der Waals surface area contributed by atoms with Gasteiger partial charge >= 0.3 is 5.97 Å². The number of carboxylic acids is 1. The van der Waals surface area contributed by atoms with Gasteiger partial charge in [-0.05, 0) is 64.4 Å². The summed E-state index contributed by atoms with van der Waals surface area (Å²) in [4.78, 5) is 38.9. The summed E-state index contributed by atoms with van der Waals surface area (Å²) in [6.45, 7) is 0. The number of nitro benzene ring substituents is 1. The molecule has 2 N–H and O–H groups in total. The first kappa shape index (κ1) is 23.9. The Kier molecular flexibility index (Phi) is 7.04. The van der Waals surface area contributed by atoms with Crippen molar-refractivity contribution < 1.29 is 24.4 Å². The van der Waals surface area contributed by atoms with Crippen LogP contribution in [0.1, 0.15) is 17.2 Å². The minimum Gasteiger partial charge on any atom is -0.479 e. The SMILES string of the molecule is COC(C(=O)O)c1ccc(N=C2NC(=O)C(=Cc3ccc(-c4ccc([N+](=O)[O-])cc4)cc3)S2)cc1. The first-order chi connectivity index (χ1) is 16.8. The van der Waals surface area contributed by atoms with E-state index in [1.54, 1.807) is 42.5 Å². The second kappa shape index (κ2) is 10.3. The van der Waals surface area contributed by atoms with Crippen molar-refractivity contribution in [3.8, 4) is 11.1 Å². The molecule has 1 amide bonds. The van der Waals surface area contributed by atoms with Crippen molar-refractivity contribution in [2.24, 2.45) is 4.99 Å². The van der Waals surface area contributed by atoms with Gasteiger partial charge < -0.3 is 15.2 Å². The maximum atomic E-state index is 12.4. The van der Waals surface area contributed by atoms with Crippen molar-refractivity contribution in [3.63, 3.8) is 0 Å². The maximum Gasteiger partial charge on any atom is 0.337 e. The molecule has 0 spiro atoms. The van der Waals surface area contributed by atoms with Gasteiger partial charge in [-0.3, -0.25) is 14.9 Å². The van der Waals surface area contributed by atoms with Crippen LogP contribution in [0.5, 0.6) is 0 Å². The number of thioether (sulfide) groups is 1. The normalized spacial score (nSPS) is 16.3. The number of carboxylic acid groups (broad SMARTS) is 1. The van der Waals surface area contributed by atoms with Gasteiger partial charge in [0.1, 0.15) is 0 Å². The number of carbonyl (C=O) groups excluding carboxylic acids is 1. The Labute approximate surface area is 204 Å². The number of rotatable bonds is 7. The van der Waals surface area contributed by atoms with Gasteiger partial charge in [0.2, 0.25) is 0 Å². The number of hydrogen-bond donors (Lipinski definition) is 2. The number of ether oxygens (including phenoxy) is 1. The number of aliphatic carboxylic acids is 1. The standard InChI is InChI=1S/C25H19N3O6S/c1-34-22(24(30)31)18-6-10-19(11-7-18)26-25-27-23(29)21(35-25)14-15-2-4-16(5-3-15)17-8-12-20(13-9-17)28(32)33/h2-14,22H,1H3,(H,30,31)(H,26,27,29). The average molecular weight is 490 g/mol. The molecule has 176 valence electrons. The fourth-order valence-electron chi connectivity index (χ4n) is 3.40. The topological polar surface area (TPSA) is 131 Å². The molecule has 1 aliphatic rings. The van der Waals surface area contributed by atoms with Crippen molar-refractivity contribution in [2.75, 3.05) is 7.11 Å². The Morgan fingerprint density at radius 3 is 2.20 bits per heavy atom. The predicted octanol–water partition coefficient (Wildman–Crippen LogP) is 4.93. The first-order valence-electron chi connectivity index (χ1n) is 10.3. The molecule has 1 unspecified atom stereocenters. The summed E-state index contributed by atoms with van der Waals surface area (Å²) in [5.41, 5.74) is 3.65. The third-order valence-corrected chi connectivity index (χ3v) is 6.07. The lowest BCUT2D eigenvalue weighted by Crippen LogP contribution is -2.19. The zero-order valence-electron chi connectivity index (χ0n) is 18.4. The lowest BCUT2D eigenvalue weighted by molar-refractivity contribution is -0.384. The molecule has 0 radical (unpaired) electrons. The zero-order valence-corrected chi connectivity index (χ0v) is 19.2. The lowest BCUT2D eigenvalue weighted by Gasteiger charge is -2.10. The number of nitro groups is 1. The smallest absolute Gasteiger partial charge is 0.337 e. The molecule has 4 rings (SSSR count). The number of aliphatic imine (C=N–C) groups is 1. The summed E-state index contributed by atoms with van der Waals surface area (Å²) < 4.78 is 4.97. The number of carbonyl (C=O) groups is 2. The van der Waals surface area contributed by atoms with Crippen molar-refractivity contribution in [2.45, 2.75) is 6.10 Å². The van der Waals surface area contributed by atoms with E-state index in [0.29, 0.717) is 21.3 Å². The second-order valence-electron chi connectivity index (χ2n) is 7.45. The van der Waals surface area contributed by atoms with E-state index in [4.69, 9.17) is 4.74 Å². The van der Waals surface area contributed by atoms with Gasteiger partial charge in [0.05, 0.1) is 15.5 Å². The van der Waals surface area contributed by atoms with Crippen LogP contribution in [-0.4, -0.2) is 34.2 Å². The number of hydrogen-bond acceptors (Lipinski definition) is 7. The number of non-ortho nitro benzene ring substituents is 1. The largest absolute Gasteiger partial charge is 0.479 e. The molecule has 0 saturated carbocycles. The molecule has 10 heteroatoms. The van der Waals surface area contributed by atoms with E-state index in [1.165, 1.54) is 31.0 Å². The highest BCUT2D eigenvalue weighted by Crippen LogP contribution is 2.30. The number of nitrogens with zero attached hydrogens (tertiary/aromatic N) is 2. The molecule has 9 nitrogen and oxygen atoms in total. The number of methoxy groups -OCH3 is 1.